The van der Waals surface area contributed by atoms with Gasteiger partial charge in [-0.15, -0.1) is 11.8 Å². The number of hydrogen-bond acceptors (Lipinski definition) is 6. The summed E-state index contributed by atoms with van der Waals surface area (Å²) in [5, 5.41) is 2.51. The summed E-state index contributed by atoms with van der Waals surface area (Å²) in [4.78, 5) is 38.4. The zero-order chi connectivity index (χ0) is 20.4. The van der Waals surface area contributed by atoms with Crippen LogP contribution in [0, 0.1) is 0 Å². The molecule has 0 fully saturated rings. The molecule has 4 rings (SSSR count). The third-order valence-electron chi connectivity index (χ3n) is 4.74. The minimum atomic E-state index is -0.349. The molecular formula is C21H20N2O5S. The molecule has 7 nitrogen and oxygen atoms in total. The molecule has 2 aliphatic heterocycles. The summed E-state index contributed by atoms with van der Waals surface area (Å²) in [5.41, 5.74) is 1.51. The Hall–Kier alpha value is -3.00. The molecule has 2 aromatic rings. The maximum atomic E-state index is 12.5. The van der Waals surface area contributed by atoms with Crippen LogP contribution in [0.25, 0.3) is 0 Å². The van der Waals surface area contributed by atoms with Crippen molar-refractivity contribution < 1.29 is 23.9 Å². The molecule has 2 heterocycles. The standard InChI is InChI=1S/C21H20N2O5S/c1-13(19(24)22-14-6-7-17-18(12-14)28-10-9-27-17)29-11-8-23-20(25)15-4-2-3-5-16(15)21(23)26/h2-7,12-13H,8-11H2,1H3,(H,22,24)/t13-/m1/s1. The SMILES string of the molecule is C[C@@H](SCCN1C(=O)c2ccccc2C1=O)C(=O)Nc1ccc2c(c1)OCCO2. The minimum absolute atomic E-state index is 0.158. The van der Waals surface area contributed by atoms with Crippen molar-refractivity contribution in [3.8, 4) is 11.5 Å². The molecule has 1 N–H and O–H groups in total. The zero-order valence-electron chi connectivity index (χ0n) is 15.8. The molecule has 8 heteroatoms. The summed E-state index contributed by atoms with van der Waals surface area (Å²) in [7, 11) is 0. The highest BCUT2D eigenvalue weighted by atomic mass is 32.2. The second-order valence-corrected chi connectivity index (χ2v) is 8.12. The number of nitrogens with zero attached hydrogens (tertiary/aromatic N) is 1. The molecule has 0 aliphatic carbocycles. The molecule has 0 unspecified atom stereocenters. The Labute approximate surface area is 172 Å². The van der Waals surface area contributed by atoms with E-state index < -0.39 is 0 Å². The Kier molecular flexibility index (Phi) is 5.44. The number of amides is 3. The second kappa shape index (κ2) is 8.16. The van der Waals surface area contributed by atoms with Gasteiger partial charge in [-0.1, -0.05) is 12.1 Å². The molecule has 2 aliphatic rings. The van der Waals surface area contributed by atoms with E-state index in [1.54, 1.807) is 49.4 Å². The summed E-state index contributed by atoms with van der Waals surface area (Å²) in [6.07, 6.45) is 0. The Balaban J connectivity index is 1.29. The predicted octanol–water partition coefficient (Wildman–Crippen LogP) is 2.81. The van der Waals surface area contributed by atoms with Gasteiger partial charge in [-0.2, -0.15) is 0 Å². The van der Waals surface area contributed by atoms with Crippen LogP contribution in [0.3, 0.4) is 0 Å². The van der Waals surface area contributed by atoms with E-state index in [-0.39, 0.29) is 29.5 Å². The van der Waals surface area contributed by atoms with E-state index in [1.807, 2.05) is 0 Å². The fourth-order valence-electron chi connectivity index (χ4n) is 3.20. The number of rotatable bonds is 6. The van der Waals surface area contributed by atoms with E-state index in [9.17, 15) is 14.4 Å². The lowest BCUT2D eigenvalue weighted by molar-refractivity contribution is -0.115. The average Bonchev–Trinajstić information content (AvgIpc) is 2.98. The molecule has 150 valence electrons. The van der Waals surface area contributed by atoms with E-state index in [1.165, 1.54) is 16.7 Å². The van der Waals surface area contributed by atoms with Crippen LogP contribution < -0.4 is 14.8 Å². The van der Waals surface area contributed by atoms with Gasteiger partial charge in [-0.3, -0.25) is 19.3 Å². The lowest BCUT2D eigenvalue weighted by atomic mass is 10.1. The fraction of sp³-hybridized carbons (Fsp3) is 0.286. The minimum Gasteiger partial charge on any atom is -0.486 e. The Morgan fingerprint density at radius 1 is 1.07 bits per heavy atom. The van der Waals surface area contributed by atoms with E-state index in [2.05, 4.69) is 5.32 Å². The van der Waals surface area contributed by atoms with Crippen molar-refractivity contribution in [2.75, 3.05) is 30.8 Å². The van der Waals surface area contributed by atoms with Crippen LogP contribution >= 0.6 is 11.8 Å². The topological polar surface area (TPSA) is 84.9 Å². The molecule has 29 heavy (non-hydrogen) atoms. The van der Waals surface area contributed by atoms with Gasteiger partial charge in [0.05, 0.1) is 16.4 Å². The van der Waals surface area contributed by atoms with Crippen molar-refractivity contribution in [1.82, 2.24) is 4.90 Å². The van der Waals surface area contributed by atoms with Crippen molar-refractivity contribution in [2.45, 2.75) is 12.2 Å². The highest BCUT2D eigenvalue weighted by molar-refractivity contribution is 8.00. The number of carbonyl (C=O) groups excluding carboxylic acids is 3. The van der Waals surface area contributed by atoms with Crippen LogP contribution in [0.4, 0.5) is 5.69 Å². The van der Waals surface area contributed by atoms with Crippen molar-refractivity contribution in [1.29, 1.82) is 0 Å². The first-order valence-corrected chi connectivity index (χ1v) is 10.4. The molecule has 0 radical (unpaired) electrons. The number of nitrogens with one attached hydrogen (secondary N) is 1. The summed E-state index contributed by atoms with van der Waals surface area (Å²) >= 11 is 1.39. The van der Waals surface area contributed by atoms with Crippen LogP contribution in [0.5, 0.6) is 11.5 Å². The monoisotopic (exact) mass is 412 g/mol. The molecule has 0 saturated carbocycles. The molecule has 0 saturated heterocycles. The zero-order valence-corrected chi connectivity index (χ0v) is 16.7. The molecule has 0 bridgehead atoms. The number of thioether (sulfide) groups is 1. The van der Waals surface area contributed by atoms with Gasteiger partial charge in [0.2, 0.25) is 5.91 Å². The lowest BCUT2D eigenvalue weighted by Gasteiger charge is -2.19. The van der Waals surface area contributed by atoms with Crippen molar-refractivity contribution in [3.05, 3.63) is 53.6 Å². The number of imide groups is 1. The molecule has 0 spiro atoms. The van der Waals surface area contributed by atoms with Gasteiger partial charge in [-0.25, -0.2) is 0 Å². The molecule has 2 aromatic carbocycles. The van der Waals surface area contributed by atoms with Gasteiger partial charge >= 0.3 is 0 Å². The largest absolute Gasteiger partial charge is 0.486 e. The number of benzene rings is 2. The van der Waals surface area contributed by atoms with Crippen LogP contribution in [-0.2, 0) is 4.79 Å². The maximum absolute atomic E-state index is 12.5. The quantitative estimate of drug-likeness (QED) is 0.735. The van der Waals surface area contributed by atoms with Gasteiger partial charge in [0.25, 0.3) is 11.8 Å². The third kappa shape index (κ3) is 3.93. The molecule has 3 amide bonds. The van der Waals surface area contributed by atoms with E-state index in [0.29, 0.717) is 47.3 Å². The summed E-state index contributed by atoms with van der Waals surface area (Å²) in [5.74, 6) is 1.03. The third-order valence-corrected chi connectivity index (χ3v) is 5.87. The van der Waals surface area contributed by atoms with Crippen molar-refractivity contribution in [2.24, 2.45) is 0 Å². The number of fused-ring (bicyclic) bond motifs is 2. The molecule has 1 atom stereocenters. The number of ether oxygens (including phenoxy) is 2. The Morgan fingerprint density at radius 3 is 2.41 bits per heavy atom. The Morgan fingerprint density at radius 2 is 1.72 bits per heavy atom. The highest BCUT2D eigenvalue weighted by Crippen LogP contribution is 2.32. The normalized spacial score (nSPS) is 15.8. The summed E-state index contributed by atoms with van der Waals surface area (Å²) in [6, 6.07) is 12.1. The van der Waals surface area contributed by atoms with Crippen LogP contribution in [0.2, 0.25) is 0 Å². The first-order valence-electron chi connectivity index (χ1n) is 9.32. The van der Waals surface area contributed by atoms with E-state index in [0.717, 1.165) is 0 Å². The number of carbonyl (C=O) groups is 3. The number of anilines is 1. The van der Waals surface area contributed by atoms with Gasteiger partial charge in [0.1, 0.15) is 13.2 Å². The van der Waals surface area contributed by atoms with E-state index in [4.69, 9.17) is 9.47 Å². The maximum Gasteiger partial charge on any atom is 0.261 e. The Bertz CT molecular complexity index is 942. The molecular weight excluding hydrogens is 392 g/mol. The van der Waals surface area contributed by atoms with Gasteiger partial charge in [0, 0.05) is 24.1 Å². The fourth-order valence-corrected chi connectivity index (χ4v) is 4.06. The van der Waals surface area contributed by atoms with Crippen LogP contribution in [0.1, 0.15) is 27.6 Å². The smallest absolute Gasteiger partial charge is 0.261 e. The summed E-state index contributed by atoms with van der Waals surface area (Å²) < 4.78 is 11.0. The van der Waals surface area contributed by atoms with E-state index >= 15 is 0 Å². The average molecular weight is 412 g/mol. The van der Waals surface area contributed by atoms with Crippen molar-refractivity contribution >= 4 is 35.2 Å². The lowest BCUT2D eigenvalue weighted by Crippen LogP contribution is -2.32. The predicted molar refractivity (Wildman–Crippen MR) is 110 cm³/mol. The first-order chi connectivity index (χ1) is 14.0. The van der Waals surface area contributed by atoms with Gasteiger partial charge in [0.15, 0.2) is 11.5 Å². The highest BCUT2D eigenvalue weighted by Gasteiger charge is 2.34. The van der Waals surface area contributed by atoms with Crippen molar-refractivity contribution in [3.63, 3.8) is 0 Å². The van der Waals surface area contributed by atoms with Gasteiger partial charge < -0.3 is 14.8 Å². The van der Waals surface area contributed by atoms with Gasteiger partial charge in [-0.05, 0) is 31.2 Å². The first kappa shape index (κ1) is 19.3. The second-order valence-electron chi connectivity index (χ2n) is 6.67. The summed E-state index contributed by atoms with van der Waals surface area (Å²) in [6.45, 7) is 3.05. The van der Waals surface area contributed by atoms with Crippen LogP contribution in [-0.4, -0.2) is 53.4 Å². The molecule has 0 aromatic heterocycles. The number of hydrogen-bond donors (Lipinski definition) is 1. The van der Waals surface area contributed by atoms with Crippen LogP contribution in [0.15, 0.2) is 42.5 Å².